The lowest BCUT2D eigenvalue weighted by atomic mass is 10.1. The number of aromatic nitrogens is 2. The summed E-state index contributed by atoms with van der Waals surface area (Å²) in [6, 6.07) is 17.0. The van der Waals surface area contributed by atoms with Crippen LogP contribution in [0.1, 0.15) is 10.4 Å². The highest BCUT2D eigenvalue weighted by Gasteiger charge is 2.14. The molecule has 0 bridgehead atoms. The zero-order valence-corrected chi connectivity index (χ0v) is 15.9. The van der Waals surface area contributed by atoms with E-state index in [4.69, 9.17) is 0 Å². The zero-order valence-electron chi connectivity index (χ0n) is 15.9. The Hall–Kier alpha value is -3.38. The van der Waals surface area contributed by atoms with Gasteiger partial charge >= 0.3 is 0 Å². The first-order chi connectivity index (χ1) is 13.5. The Balaban J connectivity index is 1.74. The monoisotopic (exact) mass is 374 g/mol. The number of H-pyrrole nitrogens is 2. The van der Waals surface area contributed by atoms with Crippen LogP contribution in [0.25, 0.3) is 33.1 Å². The van der Waals surface area contributed by atoms with Crippen LogP contribution < -0.4 is 10.9 Å². The number of carbonyl (C=O) groups is 1. The Labute approximate surface area is 162 Å². The SMILES string of the molecule is CN(C)CCNC(=O)c1cccc2[nH]c(-c3cc4ccccc4[nH]c3=O)cc12. The molecule has 0 fully saturated rings. The van der Waals surface area contributed by atoms with E-state index in [2.05, 4.69) is 15.3 Å². The number of hydrogen-bond donors (Lipinski definition) is 3. The summed E-state index contributed by atoms with van der Waals surface area (Å²) in [4.78, 5) is 33.4. The molecule has 28 heavy (non-hydrogen) atoms. The van der Waals surface area contributed by atoms with Crippen LogP contribution in [0.4, 0.5) is 0 Å². The second-order valence-electron chi connectivity index (χ2n) is 7.11. The Kier molecular flexibility index (Phi) is 4.71. The summed E-state index contributed by atoms with van der Waals surface area (Å²) in [5.74, 6) is -0.120. The number of para-hydroxylation sites is 1. The lowest BCUT2D eigenvalue weighted by Crippen LogP contribution is -2.31. The maximum absolute atomic E-state index is 12.6. The molecule has 6 nitrogen and oxygen atoms in total. The van der Waals surface area contributed by atoms with Crippen molar-refractivity contribution in [2.75, 3.05) is 27.2 Å². The van der Waals surface area contributed by atoms with Crippen LogP contribution in [0, 0.1) is 0 Å². The second-order valence-corrected chi connectivity index (χ2v) is 7.11. The summed E-state index contributed by atoms with van der Waals surface area (Å²) in [5, 5.41) is 4.70. The van der Waals surface area contributed by atoms with Gasteiger partial charge in [0.15, 0.2) is 0 Å². The van der Waals surface area contributed by atoms with Crippen molar-refractivity contribution in [1.29, 1.82) is 0 Å². The van der Waals surface area contributed by atoms with Gasteiger partial charge in [0.05, 0.1) is 11.3 Å². The predicted octanol–water partition coefficient (Wildman–Crippen LogP) is 2.97. The average molecular weight is 374 g/mol. The molecule has 0 saturated heterocycles. The first-order valence-electron chi connectivity index (χ1n) is 9.20. The fraction of sp³-hybridized carbons (Fsp3) is 0.182. The molecule has 4 rings (SSSR count). The minimum atomic E-state index is -0.165. The van der Waals surface area contributed by atoms with Crippen LogP contribution in [0.5, 0.6) is 0 Å². The van der Waals surface area contributed by atoms with Crippen molar-refractivity contribution in [3.8, 4) is 11.3 Å². The van der Waals surface area contributed by atoms with Crippen LogP contribution in [-0.2, 0) is 0 Å². The highest BCUT2D eigenvalue weighted by molar-refractivity contribution is 6.07. The largest absolute Gasteiger partial charge is 0.354 e. The highest BCUT2D eigenvalue weighted by Crippen LogP contribution is 2.26. The number of nitrogens with zero attached hydrogens (tertiary/aromatic N) is 1. The first kappa shape index (κ1) is 18.0. The quantitative estimate of drug-likeness (QED) is 0.502. The van der Waals surface area contributed by atoms with Crippen LogP contribution in [0.3, 0.4) is 0 Å². The molecule has 0 unspecified atom stereocenters. The van der Waals surface area contributed by atoms with Gasteiger partial charge in [-0.1, -0.05) is 24.3 Å². The van der Waals surface area contributed by atoms with Gasteiger partial charge in [-0.3, -0.25) is 9.59 Å². The lowest BCUT2D eigenvalue weighted by molar-refractivity contribution is 0.0952. The second kappa shape index (κ2) is 7.32. The van der Waals surface area contributed by atoms with Gasteiger partial charge in [-0.15, -0.1) is 0 Å². The molecule has 0 aliphatic carbocycles. The maximum atomic E-state index is 12.6. The summed E-state index contributed by atoms with van der Waals surface area (Å²) in [6.07, 6.45) is 0. The van der Waals surface area contributed by atoms with E-state index in [1.807, 2.05) is 67.5 Å². The molecule has 0 atom stereocenters. The van der Waals surface area contributed by atoms with Crippen molar-refractivity contribution in [2.45, 2.75) is 0 Å². The molecule has 2 heterocycles. The summed E-state index contributed by atoms with van der Waals surface area (Å²) in [6.45, 7) is 1.34. The molecule has 3 N–H and O–H groups in total. The van der Waals surface area contributed by atoms with E-state index in [1.54, 1.807) is 6.07 Å². The minimum Gasteiger partial charge on any atom is -0.354 e. The Morgan fingerprint density at radius 3 is 2.61 bits per heavy atom. The predicted molar refractivity (Wildman–Crippen MR) is 113 cm³/mol. The Bertz CT molecular complexity index is 1220. The molecule has 4 aromatic rings. The van der Waals surface area contributed by atoms with Crippen molar-refractivity contribution in [3.63, 3.8) is 0 Å². The highest BCUT2D eigenvalue weighted by atomic mass is 16.1. The van der Waals surface area contributed by atoms with Gasteiger partial charge in [0.25, 0.3) is 11.5 Å². The van der Waals surface area contributed by atoms with Gasteiger partial charge in [0.1, 0.15) is 0 Å². The number of likely N-dealkylation sites (N-methyl/N-ethyl adjacent to an activating group) is 1. The van der Waals surface area contributed by atoms with E-state index < -0.39 is 0 Å². The van der Waals surface area contributed by atoms with Crippen LogP contribution in [0.2, 0.25) is 0 Å². The number of fused-ring (bicyclic) bond motifs is 2. The molecule has 0 aliphatic rings. The van der Waals surface area contributed by atoms with Crippen LogP contribution >= 0.6 is 0 Å². The number of nitrogens with one attached hydrogen (secondary N) is 3. The molecule has 1 amide bonds. The third-order valence-corrected chi connectivity index (χ3v) is 4.80. The van der Waals surface area contributed by atoms with E-state index in [9.17, 15) is 9.59 Å². The molecule has 0 saturated carbocycles. The molecular weight excluding hydrogens is 352 g/mol. The van der Waals surface area contributed by atoms with Gasteiger partial charge in [-0.25, -0.2) is 0 Å². The number of benzene rings is 2. The van der Waals surface area contributed by atoms with Gasteiger partial charge in [-0.2, -0.15) is 0 Å². The summed E-state index contributed by atoms with van der Waals surface area (Å²) in [7, 11) is 3.93. The van der Waals surface area contributed by atoms with E-state index in [0.717, 1.165) is 28.4 Å². The summed E-state index contributed by atoms with van der Waals surface area (Å²) < 4.78 is 0. The first-order valence-corrected chi connectivity index (χ1v) is 9.20. The van der Waals surface area contributed by atoms with Crippen LogP contribution in [-0.4, -0.2) is 48.0 Å². The van der Waals surface area contributed by atoms with Gasteiger partial charge < -0.3 is 20.2 Å². The number of hydrogen-bond acceptors (Lipinski definition) is 3. The van der Waals surface area contributed by atoms with Crippen molar-refractivity contribution >= 4 is 27.7 Å². The fourth-order valence-corrected chi connectivity index (χ4v) is 3.33. The number of rotatable bonds is 5. The number of amides is 1. The molecule has 6 heteroatoms. The summed E-state index contributed by atoms with van der Waals surface area (Å²) in [5.41, 5.74) is 3.29. The number of aromatic amines is 2. The van der Waals surface area contributed by atoms with Crippen molar-refractivity contribution in [3.05, 3.63) is 70.5 Å². The van der Waals surface area contributed by atoms with Crippen molar-refractivity contribution < 1.29 is 4.79 Å². The smallest absolute Gasteiger partial charge is 0.257 e. The number of carbonyl (C=O) groups excluding carboxylic acids is 1. The molecule has 2 aromatic carbocycles. The van der Waals surface area contributed by atoms with Gasteiger partial charge in [-0.05, 0) is 49.8 Å². The maximum Gasteiger partial charge on any atom is 0.257 e. The molecule has 0 spiro atoms. The van der Waals surface area contributed by atoms with Gasteiger partial charge in [0.2, 0.25) is 0 Å². The average Bonchev–Trinajstić information content (AvgIpc) is 3.11. The lowest BCUT2D eigenvalue weighted by Gasteiger charge is -2.10. The number of pyridine rings is 1. The third-order valence-electron chi connectivity index (χ3n) is 4.80. The normalized spacial score (nSPS) is 11.4. The molecule has 0 aliphatic heterocycles. The molecule has 0 radical (unpaired) electrons. The van der Waals surface area contributed by atoms with Crippen molar-refractivity contribution in [2.24, 2.45) is 0 Å². The summed E-state index contributed by atoms with van der Waals surface area (Å²) >= 11 is 0. The molecular formula is C22H22N4O2. The van der Waals surface area contributed by atoms with E-state index in [1.165, 1.54) is 0 Å². The van der Waals surface area contributed by atoms with Crippen LogP contribution in [0.15, 0.2) is 59.4 Å². The zero-order chi connectivity index (χ0) is 19.7. The molecule has 2 aromatic heterocycles. The molecule has 142 valence electrons. The van der Waals surface area contributed by atoms with E-state index in [-0.39, 0.29) is 11.5 Å². The van der Waals surface area contributed by atoms with E-state index >= 15 is 0 Å². The standard InChI is InChI=1S/C22H22N4O2/c1-26(2)11-10-23-21(27)15-7-5-9-19-16(15)13-20(24-19)17-12-14-6-3-4-8-18(14)25-22(17)28/h3-9,12-13,24H,10-11H2,1-2H3,(H,23,27)(H,25,28). The Morgan fingerprint density at radius 1 is 1.00 bits per heavy atom. The topological polar surface area (TPSA) is 81.0 Å². The fourth-order valence-electron chi connectivity index (χ4n) is 3.33. The Morgan fingerprint density at radius 2 is 1.79 bits per heavy atom. The van der Waals surface area contributed by atoms with Gasteiger partial charge in [0, 0.05) is 35.1 Å². The van der Waals surface area contributed by atoms with E-state index in [0.29, 0.717) is 23.4 Å². The van der Waals surface area contributed by atoms with Crippen molar-refractivity contribution in [1.82, 2.24) is 20.2 Å². The minimum absolute atomic E-state index is 0.120. The third kappa shape index (κ3) is 3.42.